The Labute approximate surface area is 172 Å². The third-order valence-corrected chi connectivity index (χ3v) is 5.53. The molecule has 0 aliphatic rings. The molecule has 0 bridgehead atoms. The first-order valence-electron chi connectivity index (χ1n) is 9.30. The third kappa shape index (κ3) is 4.55. The number of aromatic amines is 1. The monoisotopic (exact) mass is 404 g/mol. The van der Waals surface area contributed by atoms with Gasteiger partial charge in [-0.2, -0.15) is 0 Å². The van der Waals surface area contributed by atoms with Crippen molar-refractivity contribution in [2.24, 2.45) is 0 Å². The van der Waals surface area contributed by atoms with Crippen molar-refractivity contribution < 1.29 is 14.3 Å². The first kappa shape index (κ1) is 19.0. The largest absolute Gasteiger partial charge is 0.459 e. The van der Waals surface area contributed by atoms with Crippen LogP contribution in [0.2, 0.25) is 0 Å². The minimum atomic E-state index is -0.785. The molecule has 6 heteroatoms. The quantitative estimate of drug-likeness (QED) is 0.451. The fourth-order valence-corrected chi connectivity index (χ4v) is 3.81. The highest BCUT2D eigenvalue weighted by molar-refractivity contribution is 7.12. The summed E-state index contributed by atoms with van der Waals surface area (Å²) in [6, 6.07) is 20.1. The number of nitrogens with one attached hydrogen (secondary N) is 2. The highest BCUT2D eigenvalue weighted by atomic mass is 32.1. The van der Waals surface area contributed by atoms with Crippen molar-refractivity contribution in [3.63, 3.8) is 0 Å². The van der Waals surface area contributed by atoms with E-state index in [1.54, 1.807) is 6.07 Å². The lowest BCUT2D eigenvalue weighted by molar-refractivity contribution is -0.147. The average Bonchev–Trinajstić information content (AvgIpc) is 3.43. The molecule has 5 nitrogen and oxygen atoms in total. The summed E-state index contributed by atoms with van der Waals surface area (Å²) in [5.74, 6) is -0.731. The second-order valence-corrected chi connectivity index (χ2v) is 7.61. The van der Waals surface area contributed by atoms with E-state index in [0.717, 1.165) is 22.0 Å². The second kappa shape index (κ2) is 8.75. The Hall–Kier alpha value is -3.38. The molecule has 2 aromatic carbocycles. The van der Waals surface area contributed by atoms with Gasteiger partial charge in [-0.3, -0.25) is 4.79 Å². The fraction of sp³-hybridized carbons (Fsp3) is 0.130. The Bertz CT molecular complexity index is 1100. The van der Waals surface area contributed by atoms with E-state index in [-0.39, 0.29) is 12.5 Å². The van der Waals surface area contributed by atoms with Gasteiger partial charge >= 0.3 is 5.97 Å². The maximum atomic E-state index is 12.8. The number of amides is 1. The van der Waals surface area contributed by atoms with Gasteiger partial charge in [0.25, 0.3) is 5.91 Å². The number of hydrogen-bond acceptors (Lipinski definition) is 4. The number of thiophene rings is 1. The lowest BCUT2D eigenvalue weighted by Crippen LogP contribution is -2.43. The maximum Gasteiger partial charge on any atom is 0.329 e. The van der Waals surface area contributed by atoms with Crippen LogP contribution in [0.25, 0.3) is 10.9 Å². The lowest BCUT2D eigenvalue weighted by Gasteiger charge is -2.17. The van der Waals surface area contributed by atoms with Crippen molar-refractivity contribution in [1.82, 2.24) is 10.3 Å². The number of aromatic nitrogens is 1. The zero-order valence-electron chi connectivity index (χ0n) is 15.6. The molecule has 29 heavy (non-hydrogen) atoms. The molecule has 2 heterocycles. The minimum absolute atomic E-state index is 0.166. The van der Waals surface area contributed by atoms with E-state index < -0.39 is 12.0 Å². The summed E-state index contributed by atoms with van der Waals surface area (Å²) in [7, 11) is 0. The van der Waals surface area contributed by atoms with Crippen molar-refractivity contribution in [2.45, 2.75) is 19.1 Å². The van der Waals surface area contributed by atoms with Gasteiger partial charge in [-0.05, 0) is 28.6 Å². The first-order chi connectivity index (χ1) is 14.2. The summed E-state index contributed by atoms with van der Waals surface area (Å²) < 4.78 is 5.51. The van der Waals surface area contributed by atoms with E-state index >= 15 is 0 Å². The first-order valence-corrected chi connectivity index (χ1v) is 10.2. The number of fused-ring (bicyclic) bond motifs is 1. The molecule has 0 spiro atoms. The molecular weight excluding hydrogens is 384 g/mol. The summed E-state index contributed by atoms with van der Waals surface area (Å²) in [6.07, 6.45) is 2.22. The number of H-pyrrole nitrogens is 1. The Balaban J connectivity index is 1.52. The lowest BCUT2D eigenvalue weighted by atomic mass is 10.0. The van der Waals surface area contributed by atoms with Crippen LogP contribution in [-0.2, 0) is 22.6 Å². The van der Waals surface area contributed by atoms with Gasteiger partial charge in [0.2, 0.25) is 0 Å². The van der Waals surface area contributed by atoms with Gasteiger partial charge in [-0.15, -0.1) is 11.3 Å². The molecule has 1 amide bonds. The molecule has 0 radical (unpaired) electrons. The van der Waals surface area contributed by atoms with Gasteiger partial charge in [0.05, 0.1) is 4.88 Å². The van der Waals surface area contributed by atoms with Crippen LogP contribution in [0.3, 0.4) is 0 Å². The van der Waals surface area contributed by atoms with Gasteiger partial charge in [-0.25, -0.2) is 4.79 Å². The number of esters is 1. The molecule has 0 saturated carbocycles. The Morgan fingerprint density at radius 3 is 2.59 bits per heavy atom. The molecule has 1 atom stereocenters. The standard InChI is InChI=1S/C23H20N2O3S/c26-22(21-11-6-12-29-21)25-20(23(27)28-15-16-7-2-1-3-8-16)13-17-14-24-19-10-5-4-9-18(17)19/h1-12,14,20,24H,13,15H2,(H,25,26)/t20-/m0/s1. The molecule has 0 aliphatic carbocycles. The van der Waals surface area contributed by atoms with E-state index in [9.17, 15) is 9.59 Å². The van der Waals surface area contributed by atoms with Crippen LogP contribution in [0.15, 0.2) is 78.3 Å². The van der Waals surface area contributed by atoms with E-state index in [1.165, 1.54) is 11.3 Å². The van der Waals surface area contributed by atoms with E-state index in [4.69, 9.17) is 4.74 Å². The molecule has 0 fully saturated rings. The summed E-state index contributed by atoms with van der Waals surface area (Å²) in [4.78, 5) is 29.2. The number of carbonyl (C=O) groups is 2. The van der Waals surface area contributed by atoms with Gasteiger partial charge in [0.15, 0.2) is 0 Å². The van der Waals surface area contributed by atoms with E-state index in [2.05, 4.69) is 10.3 Å². The third-order valence-electron chi connectivity index (χ3n) is 4.66. The number of ether oxygens (including phenoxy) is 1. The zero-order chi connectivity index (χ0) is 20.1. The van der Waals surface area contributed by atoms with E-state index in [0.29, 0.717) is 11.3 Å². The number of para-hydroxylation sites is 1. The second-order valence-electron chi connectivity index (χ2n) is 6.66. The van der Waals surface area contributed by atoms with Crippen LogP contribution < -0.4 is 5.32 Å². The van der Waals surface area contributed by atoms with Crippen LogP contribution in [0, 0.1) is 0 Å². The number of carbonyl (C=O) groups excluding carboxylic acids is 2. The Morgan fingerprint density at radius 1 is 1.00 bits per heavy atom. The Kier molecular flexibility index (Phi) is 5.72. The predicted molar refractivity (Wildman–Crippen MR) is 114 cm³/mol. The molecule has 2 aromatic heterocycles. The SMILES string of the molecule is O=C(N[C@@H](Cc1c[nH]c2ccccc12)C(=O)OCc1ccccc1)c1cccs1. The molecule has 4 aromatic rings. The highest BCUT2D eigenvalue weighted by Crippen LogP contribution is 2.20. The van der Waals surface area contributed by atoms with Gasteiger partial charge in [-0.1, -0.05) is 54.6 Å². The van der Waals surface area contributed by atoms with Crippen molar-refractivity contribution in [1.29, 1.82) is 0 Å². The van der Waals surface area contributed by atoms with Crippen LogP contribution in [0.1, 0.15) is 20.8 Å². The molecule has 0 aliphatic heterocycles. The van der Waals surface area contributed by atoms with Crippen LogP contribution in [-0.4, -0.2) is 22.9 Å². The molecule has 146 valence electrons. The molecule has 0 saturated heterocycles. The van der Waals surface area contributed by atoms with Crippen LogP contribution in [0.4, 0.5) is 0 Å². The van der Waals surface area contributed by atoms with Crippen LogP contribution in [0.5, 0.6) is 0 Å². The number of benzene rings is 2. The van der Waals surface area contributed by atoms with Gasteiger partial charge in [0.1, 0.15) is 12.6 Å². The van der Waals surface area contributed by atoms with Gasteiger partial charge in [0, 0.05) is 23.5 Å². The van der Waals surface area contributed by atoms with Crippen molar-refractivity contribution in [3.8, 4) is 0 Å². The minimum Gasteiger partial charge on any atom is -0.459 e. The highest BCUT2D eigenvalue weighted by Gasteiger charge is 2.25. The van der Waals surface area contributed by atoms with Crippen molar-refractivity contribution in [3.05, 3.63) is 94.3 Å². The summed E-state index contributed by atoms with van der Waals surface area (Å²) in [5, 5.41) is 5.70. The summed E-state index contributed by atoms with van der Waals surface area (Å²) in [6.45, 7) is 0.166. The molecule has 0 unspecified atom stereocenters. The smallest absolute Gasteiger partial charge is 0.329 e. The van der Waals surface area contributed by atoms with Gasteiger partial charge < -0.3 is 15.0 Å². The zero-order valence-corrected chi connectivity index (χ0v) is 16.4. The predicted octanol–water partition coefficient (Wildman–Crippen LogP) is 4.31. The Morgan fingerprint density at radius 2 is 1.79 bits per heavy atom. The topological polar surface area (TPSA) is 71.2 Å². The normalized spacial score (nSPS) is 11.9. The summed E-state index contributed by atoms with van der Waals surface area (Å²) >= 11 is 1.34. The molecule has 2 N–H and O–H groups in total. The number of hydrogen-bond donors (Lipinski definition) is 2. The fourth-order valence-electron chi connectivity index (χ4n) is 3.18. The van der Waals surface area contributed by atoms with Crippen molar-refractivity contribution in [2.75, 3.05) is 0 Å². The molecule has 4 rings (SSSR count). The molecular formula is C23H20N2O3S. The van der Waals surface area contributed by atoms with Crippen molar-refractivity contribution >= 4 is 34.1 Å². The average molecular weight is 404 g/mol. The van der Waals surface area contributed by atoms with E-state index in [1.807, 2.05) is 72.2 Å². The number of rotatable bonds is 7. The summed E-state index contributed by atoms with van der Waals surface area (Å²) in [5.41, 5.74) is 2.84. The maximum absolute atomic E-state index is 12.8. The van der Waals surface area contributed by atoms with Crippen LogP contribution >= 0.6 is 11.3 Å².